The van der Waals surface area contributed by atoms with Gasteiger partial charge in [-0.3, -0.25) is 4.79 Å². The Labute approximate surface area is 136 Å². The van der Waals surface area contributed by atoms with Crippen LogP contribution in [-0.4, -0.2) is 15.5 Å². The van der Waals surface area contributed by atoms with Crippen LogP contribution in [0, 0.1) is 0 Å². The lowest BCUT2D eigenvalue weighted by atomic mass is 10.1. The number of benzene rings is 2. The predicted molar refractivity (Wildman–Crippen MR) is 87.5 cm³/mol. The van der Waals surface area contributed by atoms with E-state index in [0.717, 1.165) is 0 Å². The van der Waals surface area contributed by atoms with E-state index in [9.17, 15) is 13.2 Å². The van der Waals surface area contributed by atoms with Gasteiger partial charge < -0.3 is 9.15 Å². The lowest BCUT2D eigenvalue weighted by Crippen LogP contribution is -2.01. The van der Waals surface area contributed by atoms with Crippen LogP contribution in [0.3, 0.4) is 0 Å². The van der Waals surface area contributed by atoms with Gasteiger partial charge in [-0.05, 0) is 30.3 Å². The van der Waals surface area contributed by atoms with Crippen LogP contribution in [0.25, 0.3) is 22.3 Å². The van der Waals surface area contributed by atoms with Crippen molar-refractivity contribution in [1.29, 1.82) is 0 Å². The molecule has 0 saturated heterocycles. The van der Waals surface area contributed by atoms with Crippen molar-refractivity contribution < 1.29 is 17.6 Å². The van der Waals surface area contributed by atoms with Crippen molar-refractivity contribution in [2.24, 2.45) is 0 Å². The Morgan fingerprint density at radius 3 is 2.52 bits per heavy atom. The van der Waals surface area contributed by atoms with Gasteiger partial charge in [0.15, 0.2) is 5.43 Å². The zero-order chi connectivity index (χ0) is 16.6. The molecular weight excluding hydrogens is 340 g/mol. The Morgan fingerprint density at radius 1 is 1.09 bits per heavy atom. The molecule has 0 aliphatic heterocycles. The Kier molecular flexibility index (Phi) is 3.87. The second-order valence-corrected chi connectivity index (χ2v) is 7.31. The van der Waals surface area contributed by atoms with Gasteiger partial charge in [-0.15, -0.1) is 0 Å². The third-order valence-electron chi connectivity index (χ3n) is 3.35. The summed E-state index contributed by atoms with van der Waals surface area (Å²) in [6, 6.07) is 12.5. The van der Waals surface area contributed by atoms with Crippen LogP contribution < -0.4 is 10.2 Å². The van der Waals surface area contributed by atoms with Gasteiger partial charge in [-0.2, -0.15) is 0 Å². The molecule has 2 aromatic carbocycles. The first-order chi connectivity index (χ1) is 10.9. The first-order valence-electron chi connectivity index (χ1n) is 6.56. The molecular formula is C16H11ClO5S. The minimum Gasteiger partial charge on any atom is -0.495 e. The minimum absolute atomic E-state index is 0.117. The summed E-state index contributed by atoms with van der Waals surface area (Å²) < 4.78 is 34.0. The molecule has 1 aromatic heterocycles. The molecule has 0 saturated carbocycles. The summed E-state index contributed by atoms with van der Waals surface area (Å²) in [5, 5.41) is 0.454. The Balaban J connectivity index is 2.25. The van der Waals surface area contributed by atoms with Crippen molar-refractivity contribution in [1.82, 2.24) is 0 Å². The van der Waals surface area contributed by atoms with Gasteiger partial charge in [0.1, 0.15) is 22.0 Å². The van der Waals surface area contributed by atoms with Crippen LogP contribution in [0.5, 0.6) is 5.75 Å². The maximum absolute atomic E-state index is 12.1. The molecule has 0 spiro atoms. The lowest BCUT2D eigenvalue weighted by molar-refractivity contribution is 0.403. The zero-order valence-electron chi connectivity index (χ0n) is 11.9. The molecule has 0 N–H and O–H groups in total. The van der Waals surface area contributed by atoms with Crippen LogP contribution in [0.15, 0.2) is 62.6 Å². The first-order valence-corrected chi connectivity index (χ1v) is 8.87. The molecule has 3 aromatic rings. The van der Waals surface area contributed by atoms with Gasteiger partial charge in [-0.1, -0.05) is 12.1 Å². The Bertz CT molecular complexity index is 1050. The van der Waals surface area contributed by atoms with Gasteiger partial charge >= 0.3 is 0 Å². The van der Waals surface area contributed by atoms with E-state index < -0.39 is 9.05 Å². The summed E-state index contributed by atoms with van der Waals surface area (Å²) in [5.74, 6) is 0.366. The van der Waals surface area contributed by atoms with Crippen molar-refractivity contribution in [2.45, 2.75) is 4.90 Å². The number of fused-ring (bicyclic) bond motifs is 1. The molecule has 3 rings (SSSR count). The molecule has 5 nitrogen and oxygen atoms in total. The van der Waals surface area contributed by atoms with Gasteiger partial charge in [0.05, 0.1) is 12.5 Å². The molecule has 0 fully saturated rings. The second-order valence-electron chi connectivity index (χ2n) is 4.77. The SMILES string of the molecule is COc1ccc(-c2cc(=O)c3ccccc3o2)cc1S(=O)(=O)Cl. The van der Waals surface area contributed by atoms with Crippen molar-refractivity contribution in [2.75, 3.05) is 7.11 Å². The fourth-order valence-electron chi connectivity index (χ4n) is 2.27. The van der Waals surface area contributed by atoms with Crippen LogP contribution in [-0.2, 0) is 9.05 Å². The Hall–Kier alpha value is -2.31. The van der Waals surface area contributed by atoms with Crippen LogP contribution in [0.4, 0.5) is 0 Å². The molecule has 23 heavy (non-hydrogen) atoms. The third-order valence-corrected chi connectivity index (χ3v) is 4.69. The first kappa shape index (κ1) is 15.6. The van der Waals surface area contributed by atoms with Gasteiger partial charge in [0.25, 0.3) is 9.05 Å². The van der Waals surface area contributed by atoms with Crippen molar-refractivity contribution in [3.05, 3.63) is 58.8 Å². The predicted octanol–water partition coefficient (Wildman–Crippen LogP) is 3.40. The van der Waals surface area contributed by atoms with E-state index >= 15 is 0 Å². The summed E-state index contributed by atoms with van der Waals surface area (Å²) in [7, 11) is 2.77. The molecule has 7 heteroatoms. The molecule has 1 heterocycles. The molecule has 0 bridgehead atoms. The summed E-state index contributed by atoms with van der Waals surface area (Å²) in [4.78, 5) is 12.0. The molecule has 0 unspecified atom stereocenters. The number of hydrogen-bond donors (Lipinski definition) is 0. The molecule has 0 amide bonds. The quantitative estimate of drug-likeness (QED) is 0.677. The van der Waals surface area contributed by atoms with Crippen LogP contribution in [0.2, 0.25) is 0 Å². The minimum atomic E-state index is -4.00. The lowest BCUT2D eigenvalue weighted by Gasteiger charge is -2.08. The third kappa shape index (κ3) is 2.95. The van der Waals surface area contributed by atoms with E-state index in [4.69, 9.17) is 19.8 Å². The molecule has 0 aliphatic carbocycles. The van der Waals surface area contributed by atoms with Crippen LogP contribution >= 0.6 is 10.7 Å². The highest BCUT2D eigenvalue weighted by atomic mass is 35.7. The molecule has 0 atom stereocenters. The zero-order valence-corrected chi connectivity index (χ0v) is 13.5. The highest BCUT2D eigenvalue weighted by molar-refractivity contribution is 8.13. The normalized spacial score (nSPS) is 11.6. The average molecular weight is 351 g/mol. The van der Waals surface area contributed by atoms with E-state index in [1.165, 1.54) is 25.3 Å². The van der Waals surface area contributed by atoms with Crippen molar-refractivity contribution in [3.63, 3.8) is 0 Å². The van der Waals surface area contributed by atoms with E-state index in [-0.39, 0.29) is 21.8 Å². The van der Waals surface area contributed by atoms with E-state index in [2.05, 4.69) is 0 Å². The summed E-state index contributed by atoms with van der Waals surface area (Å²) in [5.41, 5.74) is 0.613. The smallest absolute Gasteiger partial charge is 0.265 e. The van der Waals surface area contributed by atoms with Gasteiger partial charge in [0, 0.05) is 22.3 Å². The molecule has 0 aliphatic rings. The second kappa shape index (κ2) is 5.72. The fourth-order valence-corrected chi connectivity index (χ4v) is 3.29. The van der Waals surface area contributed by atoms with Gasteiger partial charge in [-0.25, -0.2) is 8.42 Å². The number of halogens is 1. The van der Waals surface area contributed by atoms with Crippen molar-refractivity contribution >= 4 is 30.7 Å². The van der Waals surface area contributed by atoms with Crippen molar-refractivity contribution in [3.8, 4) is 17.1 Å². The monoisotopic (exact) mass is 350 g/mol. The van der Waals surface area contributed by atoms with E-state index in [0.29, 0.717) is 16.5 Å². The highest BCUT2D eigenvalue weighted by Gasteiger charge is 2.18. The maximum Gasteiger partial charge on any atom is 0.265 e. The number of para-hydroxylation sites is 1. The average Bonchev–Trinajstić information content (AvgIpc) is 2.53. The number of rotatable bonds is 3. The van der Waals surface area contributed by atoms with E-state index in [1.54, 1.807) is 30.3 Å². The number of hydrogen-bond acceptors (Lipinski definition) is 5. The summed E-state index contributed by atoms with van der Waals surface area (Å²) >= 11 is 0. The fraction of sp³-hybridized carbons (Fsp3) is 0.0625. The van der Waals surface area contributed by atoms with E-state index in [1.807, 2.05) is 0 Å². The molecule has 0 radical (unpaired) electrons. The largest absolute Gasteiger partial charge is 0.495 e. The number of ether oxygens (including phenoxy) is 1. The standard InChI is InChI=1S/C16H11ClO5S/c1-21-14-7-6-10(8-16(14)23(17,19)20)15-9-12(18)11-4-2-3-5-13(11)22-15/h2-9H,1H3. The van der Waals surface area contributed by atoms with Crippen LogP contribution in [0.1, 0.15) is 0 Å². The topological polar surface area (TPSA) is 73.6 Å². The Morgan fingerprint density at radius 2 is 1.83 bits per heavy atom. The molecule has 118 valence electrons. The highest BCUT2D eigenvalue weighted by Crippen LogP contribution is 2.32. The number of methoxy groups -OCH3 is 1. The summed E-state index contributed by atoms with van der Waals surface area (Å²) in [6.07, 6.45) is 0. The maximum atomic E-state index is 12.1. The summed E-state index contributed by atoms with van der Waals surface area (Å²) in [6.45, 7) is 0. The van der Waals surface area contributed by atoms with Gasteiger partial charge in [0.2, 0.25) is 0 Å².